The predicted molar refractivity (Wildman–Crippen MR) is 52.2 cm³/mol. The van der Waals surface area contributed by atoms with Crippen LogP contribution in [0.3, 0.4) is 0 Å². The number of hydrogen-bond donors (Lipinski definition) is 0. The van der Waals surface area contributed by atoms with Gasteiger partial charge < -0.3 is 4.74 Å². The standard InChI is InChI=1S/C9H10Cl2O/c1-2-12-9-4-3-8(11)5-7(9)6-10/h3-5H,2,6H2,1H3. The highest BCUT2D eigenvalue weighted by atomic mass is 35.5. The van der Waals surface area contributed by atoms with E-state index in [2.05, 4.69) is 0 Å². The van der Waals surface area contributed by atoms with E-state index in [1.165, 1.54) is 0 Å². The van der Waals surface area contributed by atoms with Crippen molar-refractivity contribution in [2.24, 2.45) is 0 Å². The molecule has 0 radical (unpaired) electrons. The Kier molecular flexibility index (Phi) is 3.70. The second-order valence-corrected chi connectivity index (χ2v) is 3.02. The average Bonchev–Trinajstić information content (AvgIpc) is 2.08. The van der Waals surface area contributed by atoms with E-state index >= 15 is 0 Å². The van der Waals surface area contributed by atoms with E-state index in [9.17, 15) is 0 Å². The van der Waals surface area contributed by atoms with Gasteiger partial charge in [-0.05, 0) is 25.1 Å². The molecule has 66 valence electrons. The quantitative estimate of drug-likeness (QED) is 0.686. The van der Waals surface area contributed by atoms with Gasteiger partial charge in [0.1, 0.15) is 5.75 Å². The lowest BCUT2D eigenvalue weighted by atomic mass is 10.2. The van der Waals surface area contributed by atoms with Crippen LogP contribution in [-0.4, -0.2) is 6.61 Å². The van der Waals surface area contributed by atoms with Crippen molar-refractivity contribution in [2.45, 2.75) is 12.8 Å². The molecule has 1 rings (SSSR count). The minimum absolute atomic E-state index is 0.426. The molecule has 0 atom stereocenters. The molecular formula is C9H10Cl2O. The van der Waals surface area contributed by atoms with Crippen molar-refractivity contribution in [3.05, 3.63) is 28.8 Å². The van der Waals surface area contributed by atoms with Crippen LogP contribution in [0.5, 0.6) is 5.75 Å². The highest BCUT2D eigenvalue weighted by Crippen LogP contribution is 2.24. The summed E-state index contributed by atoms with van der Waals surface area (Å²) in [5.41, 5.74) is 0.936. The monoisotopic (exact) mass is 204 g/mol. The van der Waals surface area contributed by atoms with Gasteiger partial charge >= 0.3 is 0 Å². The first-order valence-corrected chi connectivity index (χ1v) is 4.66. The fraction of sp³-hybridized carbons (Fsp3) is 0.333. The van der Waals surface area contributed by atoms with Gasteiger partial charge in [-0.25, -0.2) is 0 Å². The van der Waals surface area contributed by atoms with Crippen LogP contribution >= 0.6 is 23.2 Å². The van der Waals surface area contributed by atoms with E-state index < -0.39 is 0 Å². The molecule has 0 bridgehead atoms. The SMILES string of the molecule is CCOc1ccc(Cl)cc1CCl. The second-order valence-electron chi connectivity index (χ2n) is 2.32. The van der Waals surface area contributed by atoms with Crippen LogP contribution in [0.1, 0.15) is 12.5 Å². The molecule has 1 aromatic rings. The van der Waals surface area contributed by atoms with Gasteiger partial charge in [-0.3, -0.25) is 0 Å². The summed E-state index contributed by atoms with van der Waals surface area (Å²) < 4.78 is 5.34. The zero-order valence-electron chi connectivity index (χ0n) is 6.81. The van der Waals surface area contributed by atoms with Crippen LogP contribution in [0.15, 0.2) is 18.2 Å². The summed E-state index contributed by atoms with van der Waals surface area (Å²) in [5, 5.41) is 0.689. The van der Waals surface area contributed by atoms with Gasteiger partial charge in [0.25, 0.3) is 0 Å². The molecule has 0 unspecified atom stereocenters. The van der Waals surface area contributed by atoms with E-state index in [1.807, 2.05) is 19.1 Å². The molecule has 1 aromatic carbocycles. The van der Waals surface area contributed by atoms with Crippen LogP contribution in [0.25, 0.3) is 0 Å². The molecule has 0 saturated heterocycles. The zero-order valence-corrected chi connectivity index (χ0v) is 8.32. The normalized spacial score (nSPS) is 9.92. The van der Waals surface area contributed by atoms with Crippen LogP contribution in [0.2, 0.25) is 5.02 Å². The number of alkyl halides is 1. The van der Waals surface area contributed by atoms with Gasteiger partial charge in [0.15, 0.2) is 0 Å². The van der Waals surface area contributed by atoms with E-state index in [4.69, 9.17) is 27.9 Å². The minimum atomic E-state index is 0.426. The lowest BCUT2D eigenvalue weighted by molar-refractivity contribution is 0.337. The number of ether oxygens (including phenoxy) is 1. The Labute approximate surface area is 82.2 Å². The van der Waals surface area contributed by atoms with E-state index in [0.29, 0.717) is 17.5 Å². The Hall–Kier alpha value is -0.400. The Bertz CT molecular complexity index is 261. The third-order valence-corrected chi connectivity index (χ3v) is 1.99. The first-order chi connectivity index (χ1) is 5.77. The first-order valence-electron chi connectivity index (χ1n) is 3.75. The molecule has 1 nitrogen and oxygen atoms in total. The smallest absolute Gasteiger partial charge is 0.123 e. The van der Waals surface area contributed by atoms with E-state index in [1.54, 1.807) is 6.07 Å². The van der Waals surface area contributed by atoms with Gasteiger partial charge in [0.05, 0.1) is 12.5 Å². The molecular weight excluding hydrogens is 195 g/mol. The maximum Gasteiger partial charge on any atom is 0.123 e. The second kappa shape index (κ2) is 4.58. The summed E-state index contributed by atoms with van der Waals surface area (Å²) in [4.78, 5) is 0. The van der Waals surface area contributed by atoms with Crippen molar-refractivity contribution in [2.75, 3.05) is 6.61 Å². The predicted octanol–water partition coefficient (Wildman–Crippen LogP) is 3.48. The Balaban J connectivity index is 2.94. The Morgan fingerprint density at radius 3 is 2.75 bits per heavy atom. The fourth-order valence-corrected chi connectivity index (χ4v) is 1.35. The van der Waals surface area contributed by atoms with E-state index in [-0.39, 0.29) is 0 Å². The molecule has 0 aliphatic carbocycles. The maximum atomic E-state index is 5.78. The lowest BCUT2D eigenvalue weighted by Gasteiger charge is -2.07. The number of benzene rings is 1. The topological polar surface area (TPSA) is 9.23 Å². The van der Waals surface area contributed by atoms with Crippen molar-refractivity contribution in [3.63, 3.8) is 0 Å². The largest absolute Gasteiger partial charge is 0.494 e. The summed E-state index contributed by atoms with van der Waals surface area (Å²) >= 11 is 11.5. The molecule has 0 fully saturated rings. The number of halogens is 2. The first kappa shape index (κ1) is 9.69. The molecule has 0 saturated carbocycles. The Morgan fingerprint density at radius 1 is 1.42 bits per heavy atom. The van der Waals surface area contributed by atoms with Crippen molar-refractivity contribution in [1.82, 2.24) is 0 Å². The summed E-state index contributed by atoms with van der Waals surface area (Å²) in [6.45, 7) is 2.58. The number of hydrogen-bond acceptors (Lipinski definition) is 1. The Morgan fingerprint density at radius 2 is 2.17 bits per heavy atom. The van der Waals surface area contributed by atoms with Crippen LogP contribution in [0.4, 0.5) is 0 Å². The molecule has 0 amide bonds. The molecule has 0 aliphatic heterocycles. The van der Waals surface area contributed by atoms with Gasteiger partial charge in [-0.15, -0.1) is 11.6 Å². The molecule has 0 spiro atoms. The van der Waals surface area contributed by atoms with Crippen molar-refractivity contribution in [1.29, 1.82) is 0 Å². The average molecular weight is 205 g/mol. The van der Waals surface area contributed by atoms with Gasteiger partial charge in [-0.1, -0.05) is 11.6 Å². The van der Waals surface area contributed by atoms with Crippen molar-refractivity contribution in [3.8, 4) is 5.75 Å². The van der Waals surface area contributed by atoms with Gasteiger partial charge in [-0.2, -0.15) is 0 Å². The van der Waals surface area contributed by atoms with Crippen molar-refractivity contribution >= 4 is 23.2 Å². The summed E-state index contributed by atoms with van der Waals surface area (Å²) in [7, 11) is 0. The summed E-state index contributed by atoms with van der Waals surface area (Å²) in [6, 6.07) is 5.45. The van der Waals surface area contributed by atoms with E-state index in [0.717, 1.165) is 11.3 Å². The summed E-state index contributed by atoms with van der Waals surface area (Å²) in [6.07, 6.45) is 0. The van der Waals surface area contributed by atoms with Crippen molar-refractivity contribution < 1.29 is 4.74 Å². The summed E-state index contributed by atoms with van der Waals surface area (Å²) in [5.74, 6) is 1.24. The lowest BCUT2D eigenvalue weighted by Crippen LogP contribution is -1.94. The minimum Gasteiger partial charge on any atom is -0.494 e. The van der Waals surface area contributed by atoms with Crippen LogP contribution < -0.4 is 4.74 Å². The third-order valence-electron chi connectivity index (χ3n) is 1.47. The molecule has 0 heterocycles. The van der Waals surface area contributed by atoms with Crippen LogP contribution in [0, 0.1) is 0 Å². The van der Waals surface area contributed by atoms with Gasteiger partial charge in [0, 0.05) is 10.6 Å². The van der Waals surface area contributed by atoms with Crippen LogP contribution in [-0.2, 0) is 5.88 Å². The number of rotatable bonds is 3. The maximum absolute atomic E-state index is 5.78. The highest BCUT2D eigenvalue weighted by molar-refractivity contribution is 6.30. The fourth-order valence-electron chi connectivity index (χ4n) is 0.949. The molecule has 0 N–H and O–H groups in total. The molecule has 0 aliphatic rings. The zero-order chi connectivity index (χ0) is 8.97. The molecule has 3 heteroatoms. The highest BCUT2D eigenvalue weighted by Gasteiger charge is 2.01. The van der Waals surface area contributed by atoms with Gasteiger partial charge in [0.2, 0.25) is 0 Å². The molecule has 12 heavy (non-hydrogen) atoms. The molecule has 0 aromatic heterocycles. The third kappa shape index (κ3) is 2.29.